The zero-order valence-corrected chi connectivity index (χ0v) is 13.8. The van der Waals surface area contributed by atoms with Crippen LogP contribution in [0, 0.1) is 6.92 Å². The first-order valence-electron chi connectivity index (χ1n) is 6.78. The Balaban J connectivity index is 1.81. The molecular weight excluding hydrogens is 308 g/mol. The summed E-state index contributed by atoms with van der Waals surface area (Å²) in [5.74, 6) is -0.611. The summed E-state index contributed by atoms with van der Waals surface area (Å²) < 4.78 is 5.17. The van der Waals surface area contributed by atoms with Gasteiger partial charge in [-0.1, -0.05) is 0 Å². The number of hydrogen-bond donors (Lipinski definition) is 3. The lowest BCUT2D eigenvalue weighted by Gasteiger charge is -2.44. The molecule has 1 saturated heterocycles. The molecule has 8 nitrogen and oxygen atoms in total. The van der Waals surface area contributed by atoms with E-state index in [4.69, 9.17) is 4.74 Å². The van der Waals surface area contributed by atoms with Crippen molar-refractivity contribution in [3.8, 4) is 0 Å². The summed E-state index contributed by atoms with van der Waals surface area (Å²) in [6.45, 7) is 6.89. The van der Waals surface area contributed by atoms with Gasteiger partial charge in [0.25, 0.3) is 5.91 Å². The van der Waals surface area contributed by atoms with E-state index in [0.717, 1.165) is 5.69 Å². The largest absolute Gasteiger partial charge is 0.444 e. The van der Waals surface area contributed by atoms with Crippen molar-refractivity contribution in [1.82, 2.24) is 15.3 Å². The van der Waals surface area contributed by atoms with Crippen LogP contribution < -0.4 is 10.9 Å². The van der Waals surface area contributed by atoms with Crippen molar-refractivity contribution in [3.05, 3.63) is 11.1 Å². The monoisotopic (exact) mass is 328 g/mol. The normalized spacial score (nSPS) is 16.7. The fourth-order valence-electron chi connectivity index (χ4n) is 1.82. The van der Waals surface area contributed by atoms with Gasteiger partial charge in [-0.25, -0.2) is 9.78 Å². The molecule has 22 heavy (non-hydrogen) atoms. The number of rotatable bonds is 3. The van der Waals surface area contributed by atoms with Gasteiger partial charge in [0.2, 0.25) is 5.13 Å². The molecule has 2 amide bonds. The van der Waals surface area contributed by atoms with Crippen molar-refractivity contribution in [3.63, 3.8) is 0 Å². The number of β-amino-alcohol motifs (C(OH)–C–C–N with tert-alkyl or cyclic N) is 1. The lowest BCUT2D eigenvalue weighted by atomic mass is 9.94. The fraction of sp³-hybridized carbons (Fsp3) is 0.615. The predicted molar refractivity (Wildman–Crippen MR) is 81.4 cm³/mol. The molecule has 0 unspecified atom stereocenters. The topological polar surface area (TPSA) is 104 Å². The van der Waals surface area contributed by atoms with Gasteiger partial charge < -0.3 is 14.7 Å². The van der Waals surface area contributed by atoms with Crippen molar-refractivity contribution in [2.75, 3.05) is 18.5 Å². The summed E-state index contributed by atoms with van der Waals surface area (Å²) in [5.41, 5.74) is 3.63. The van der Waals surface area contributed by atoms with Crippen LogP contribution in [0.4, 0.5) is 9.93 Å². The van der Waals surface area contributed by atoms with E-state index in [2.05, 4.69) is 15.8 Å². The standard InChI is InChI=1S/C13H20N4O4S/c1-8-5-22-10(14-8)16-15-9(18)13(20)6-17(7-13)11(19)21-12(2,3)4/h5,20H,6-7H2,1-4H3,(H,14,16)(H,15,18). The Morgan fingerprint density at radius 1 is 1.45 bits per heavy atom. The summed E-state index contributed by atoms with van der Waals surface area (Å²) in [5, 5.41) is 12.5. The highest BCUT2D eigenvalue weighted by Crippen LogP contribution is 2.24. The second-order valence-electron chi connectivity index (χ2n) is 6.24. The smallest absolute Gasteiger partial charge is 0.410 e. The number of ether oxygens (including phenoxy) is 1. The average Bonchev–Trinajstić information content (AvgIpc) is 2.75. The van der Waals surface area contributed by atoms with Crippen LogP contribution in [0.1, 0.15) is 26.5 Å². The zero-order valence-electron chi connectivity index (χ0n) is 13.0. The molecule has 0 bridgehead atoms. The predicted octanol–water partition coefficient (Wildman–Crippen LogP) is 0.876. The number of nitrogens with one attached hydrogen (secondary N) is 2. The van der Waals surface area contributed by atoms with E-state index in [1.54, 1.807) is 20.8 Å². The first kappa shape index (κ1) is 16.5. The highest BCUT2D eigenvalue weighted by molar-refractivity contribution is 7.13. The molecule has 0 saturated carbocycles. The van der Waals surface area contributed by atoms with Crippen molar-refractivity contribution in [2.24, 2.45) is 0 Å². The van der Waals surface area contributed by atoms with Crippen LogP contribution in [0.15, 0.2) is 5.38 Å². The molecule has 2 rings (SSSR count). The molecule has 1 aromatic rings. The minimum atomic E-state index is -1.61. The first-order valence-corrected chi connectivity index (χ1v) is 7.66. The molecule has 0 atom stereocenters. The minimum Gasteiger partial charge on any atom is -0.444 e. The van der Waals surface area contributed by atoms with E-state index in [9.17, 15) is 14.7 Å². The maximum absolute atomic E-state index is 12.0. The van der Waals surface area contributed by atoms with Crippen LogP contribution in [0.3, 0.4) is 0 Å². The van der Waals surface area contributed by atoms with Crippen LogP contribution in [-0.4, -0.2) is 51.3 Å². The average molecular weight is 328 g/mol. The second-order valence-corrected chi connectivity index (χ2v) is 7.10. The maximum atomic E-state index is 12.0. The van der Waals surface area contributed by atoms with Gasteiger partial charge in [0.15, 0.2) is 5.60 Å². The summed E-state index contributed by atoms with van der Waals surface area (Å²) in [6.07, 6.45) is -0.548. The Hall–Kier alpha value is -1.87. The Kier molecular flexibility index (Phi) is 4.30. The van der Waals surface area contributed by atoms with E-state index in [1.807, 2.05) is 12.3 Å². The van der Waals surface area contributed by atoms with E-state index < -0.39 is 23.2 Å². The summed E-state index contributed by atoms with van der Waals surface area (Å²) in [4.78, 5) is 29.1. The van der Waals surface area contributed by atoms with Crippen LogP contribution in [0.5, 0.6) is 0 Å². The van der Waals surface area contributed by atoms with E-state index in [1.165, 1.54) is 16.2 Å². The highest BCUT2D eigenvalue weighted by atomic mass is 32.1. The van der Waals surface area contributed by atoms with Gasteiger partial charge in [-0.3, -0.25) is 15.6 Å². The third kappa shape index (κ3) is 3.86. The lowest BCUT2D eigenvalue weighted by Crippen LogP contribution is -2.70. The molecule has 0 radical (unpaired) electrons. The quantitative estimate of drug-likeness (QED) is 0.712. The van der Waals surface area contributed by atoms with Crippen LogP contribution in [0.25, 0.3) is 0 Å². The van der Waals surface area contributed by atoms with Crippen molar-refractivity contribution < 1.29 is 19.4 Å². The maximum Gasteiger partial charge on any atom is 0.410 e. The number of aliphatic hydroxyl groups is 1. The zero-order chi connectivity index (χ0) is 16.5. The Morgan fingerprint density at radius 3 is 2.59 bits per heavy atom. The number of hydrazine groups is 1. The Morgan fingerprint density at radius 2 is 2.09 bits per heavy atom. The number of nitrogens with zero attached hydrogens (tertiary/aromatic N) is 2. The third-order valence-corrected chi connectivity index (χ3v) is 3.76. The molecule has 0 aromatic carbocycles. The van der Waals surface area contributed by atoms with Crippen LogP contribution >= 0.6 is 11.3 Å². The van der Waals surface area contributed by atoms with Gasteiger partial charge >= 0.3 is 6.09 Å². The van der Waals surface area contributed by atoms with E-state index >= 15 is 0 Å². The van der Waals surface area contributed by atoms with Crippen LogP contribution in [0.2, 0.25) is 0 Å². The first-order chi connectivity index (χ1) is 10.1. The minimum absolute atomic E-state index is 0.105. The highest BCUT2D eigenvalue weighted by Gasteiger charge is 2.51. The number of likely N-dealkylation sites (tertiary alicyclic amines) is 1. The molecular formula is C13H20N4O4S. The van der Waals surface area contributed by atoms with Crippen molar-refractivity contribution in [1.29, 1.82) is 0 Å². The number of carbonyl (C=O) groups is 2. The number of hydrogen-bond acceptors (Lipinski definition) is 7. The van der Waals surface area contributed by atoms with Gasteiger partial charge in [-0.2, -0.15) is 0 Å². The molecule has 1 fully saturated rings. The lowest BCUT2D eigenvalue weighted by molar-refractivity contribution is -0.156. The van der Waals surface area contributed by atoms with Crippen LogP contribution in [-0.2, 0) is 9.53 Å². The summed E-state index contributed by atoms with van der Waals surface area (Å²) in [6, 6.07) is 0. The second kappa shape index (κ2) is 5.73. The molecule has 0 spiro atoms. The summed E-state index contributed by atoms with van der Waals surface area (Å²) >= 11 is 1.34. The number of carbonyl (C=O) groups excluding carboxylic acids is 2. The number of aromatic nitrogens is 1. The van der Waals surface area contributed by atoms with Gasteiger partial charge in [-0.15, -0.1) is 11.3 Å². The van der Waals surface area contributed by atoms with Gasteiger partial charge in [0.05, 0.1) is 18.8 Å². The molecule has 2 heterocycles. The van der Waals surface area contributed by atoms with Gasteiger partial charge in [0.1, 0.15) is 5.60 Å². The number of thiazole rings is 1. The van der Waals surface area contributed by atoms with E-state index in [0.29, 0.717) is 5.13 Å². The molecule has 1 aliphatic rings. The van der Waals surface area contributed by atoms with Crippen molar-refractivity contribution >= 4 is 28.5 Å². The number of aryl methyl sites for hydroxylation is 1. The molecule has 1 aliphatic heterocycles. The molecule has 122 valence electrons. The Labute approximate surface area is 132 Å². The van der Waals surface area contributed by atoms with Gasteiger partial charge in [0, 0.05) is 5.38 Å². The molecule has 0 aliphatic carbocycles. The molecule has 9 heteroatoms. The van der Waals surface area contributed by atoms with Crippen molar-refractivity contribution in [2.45, 2.75) is 38.9 Å². The third-order valence-electron chi connectivity index (χ3n) is 2.88. The molecule has 1 aromatic heterocycles. The van der Waals surface area contributed by atoms with E-state index in [-0.39, 0.29) is 13.1 Å². The number of anilines is 1. The van der Waals surface area contributed by atoms with Gasteiger partial charge in [-0.05, 0) is 27.7 Å². The number of amides is 2. The fourth-order valence-corrected chi connectivity index (χ4v) is 2.46. The molecule has 3 N–H and O–H groups in total. The SMILES string of the molecule is Cc1csc(NNC(=O)C2(O)CN(C(=O)OC(C)(C)C)C2)n1. The summed E-state index contributed by atoms with van der Waals surface area (Å²) in [7, 11) is 0. The Bertz CT molecular complexity index is 575.